The molecule has 1 N–H and O–H groups in total. The molecule has 2 heterocycles. The molecule has 0 radical (unpaired) electrons. The minimum atomic E-state index is -1.12. The van der Waals surface area contributed by atoms with Gasteiger partial charge in [-0.15, -0.1) is 0 Å². The molecule has 1 amide bonds. The Kier molecular flexibility index (Phi) is 2.71. The van der Waals surface area contributed by atoms with Crippen molar-refractivity contribution in [2.45, 2.75) is 6.42 Å². The van der Waals surface area contributed by atoms with Gasteiger partial charge in [-0.1, -0.05) is 6.07 Å². The zero-order valence-electron chi connectivity index (χ0n) is 10.7. The Morgan fingerprint density at radius 2 is 2.05 bits per heavy atom. The number of aromatic carboxylic acids is 1. The number of carboxylic acids is 1. The van der Waals surface area contributed by atoms with E-state index in [4.69, 9.17) is 5.11 Å². The summed E-state index contributed by atoms with van der Waals surface area (Å²) >= 11 is 0. The number of hydrogen-bond acceptors (Lipinski definition) is 4. The standard InChI is InChI=1S/C14H11N3O3/c1-17-10-3-2-8(6-9(10)7-11(17)18)12-13(14(19)20)16-5-4-15-12/h2-6H,7H2,1H3,(H,19,20). The Bertz CT molecular complexity index is 727. The van der Waals surface area contributed by atoms with Crippen LogP contribution in [0, 0.1) is 0 Å². The molecule has 20 heavy (non-hydrogen) atoms. The van der Waals surface area contributed by atoms with Gasteiger partial charge < -0.3 is 10.0 Å². The molecule has 0 saturated carbocycles. The second-order valence-electron chi connectivity index (χ2n) is 4.53. The SMILES string of the molecule is CN1C(=O)Cc2cc(-c3nccnc3C(=O)O)ccc21. The molecule has 0 unspecified atom stereocenters. The van der Waals surface area contributed by atoms with E-state index in [-0.39, 0.29) is 11.6 Å². The van der Waals surface area contributed by atoms with Crippen molar-refractivity contribution in [3.05, 3.63) is 41.9 Å². The lowest BCUT2D eigenvalue weighted by Gasteiger charge is -2.10. The van der Waals surface area contributed by atoms with Crippen LogP contribution in [-0.4, -0.2) is 34.0 Å². The minimum absolute atomic E-state index is 0.0229. The third-order valence-electron chi connectivity index (χ3n) is 3.33. The van der Waals surface area contributed by atoms with Gasteiger partial charge in [-0.3, -0.25) is 9.78 Å². The number of amides is 1. The first-order chi connectivity index (χ1) is 9.58. The Hall–Kier alpha value is -2.76. The second kappa shape index (κ2) is 4.41. The highest BCUT2D eigenvalue weighted by atomic mass is 16.4. The molecule has 1 aliphatic heterocycles. The van der Waals surface area contributed by atoms with E-state index in [2.05, 4.69) is 9.97 Å². The summed E-state index contributed by atoms with van der Waals surface area (Å²) < 4.78 is 0. The van der Waals surface area contributed by atoms with E-state index in [1.807, 2.05) is 0 Å². The lowest BCUT2D eigenvalue weighted by atomic mass is 10.0. The van der Waals surface area contributed by atoms with Crippen LogP contribution in [0.3, 0.4) is 0 Å². The van der Waals surface area contributed by atoms with Gasteiger partial charge in [-0.2, -0.15) is 0 Å². The number of carbonyl (C=O) groups excluding carboxylic acids is 1. The highest BCUT2D eigenvalue weighted by molar-refractivity contribution is 6.01. The van der Waals surface area contributed by atoms with Crippen LogP contribution < -0.4 is 4.90 Å². The van der Waals surface area contributed by atoms with Crippen LogP contribution >= 0.6 is 0 Å². The van der Waals surface area contributed by atoms with Crippen LogP contribution in [0.5, 0.6) is 0 Å². The third-order valence-corrected chi connectivity index (χ3v) is 3.33. The molecule has 0 aliphatic carbocycles. The van der Waals surface area contributed by atoms with Gasteiger partial charge in [-0.05, 0) is 17.7 Å². The molecule has 0 atom stereocenters. The number of aromatic nitrogens is 2. The van der Waals surface area contributed by atoms with Crippen molar-refractivity contribution in [3.8, 4) is 11.3 Å². The number of benzene rings is 1. The van der Waals surface area contributed by atoms with E-state index in [1.54, 1.807) is 30.1 Å². The summed E-state index contributed by atoms with van der Waals surface area (Å²) in [5.41, 5.74) is 2.59. The first-order valence-corrected chi connectivity index (χ1v) is 6.02. The summed E-state index contributed by atoms with van der Waals surface area (Å²) in [6.45, 7) is 0. The van der Waals surface area contributed by atoms with E-state index >= 15 is 0 Å². The number of fused-ring (bicyclic) bond motifs is 1. The van der Waals surface area contributed by atoms with Crippen LogP contribution in [-0.2, 0) is 11.2 Å². The first kappa shape index (κ1) is 12.3. The predicted molar refractivity (Wildman–Crippen MR) is 71.5 cm³/mol. The van der Waals surface area contributed by atoms with Gasteiger partial charge in [-0.25, -0.2) is 9.78 Å². The molecule has 2 aromatic rings. The molecule has 0 bridgehead atoms. The Labute approximate surface area is 114 Å². The van der Waals surface area contributed by atoms with Crippen molar-refractivity contribution < 1.29 is 14.7 Å². The summed E-state index contributed by atoms with van der Waals surface area (Å²) in [6, 6.07) is 5.35. The molecular formula is C14H11N3O3. The van der Waals surface area contributed by atoms with Gasteiger partial charge in [0, 0.05) is 30.7 Å². The number of carboxylic acid groups (broad SMARTS) is 1. The molecule has 6 nitrogen and oxygen atoms in total. The molecule has 1 aliphatic rings. The number of nitrogens with zero attached hydrogens (tertiary/aromatic N) is 3. The lowest BCUT2D eigenvalue weighted by molar-refractivity contribution is -0.117. The highest BCUT2D eigenvalue weighted by Crippen LogP contribution is 2.32. The van der Waals surface area contributed by atoms with Crippen LogP contribution in [0.2, 0.25) is 0 Å². The molecule has 0 spiro atoms. The first-order valence-electron chi connectivity index (χ1n) is 6.02. The van der Waals surface area contributed by atoms with Gasteiger partial charge in [0.25, 0.3) is 0 Å². The van der Waals surface area contributed by atoms with Crippen molar-refractivity contribution in [1.82, 2.24) is 9.97 Å². The number of rotatable bonds is 2. The lowest BCUT2D eigenvalue weighted by Crippen LogP contribution is -2.20. The van der Waals surface area contributed by atoms with E-state index in [0.717, 1.165) is 11.3 Å². The molecule has 3 rings (SSSR count). The van der Waals surface area contributed by atoms with Gasteiger partial charge >= 0.3 is 5.97 Å². The topological polar surface area (TPSA) is 83.4 Å². The number of likely N-dealkylation sites (N-methyl/N-ethyl adjacent to an activating group) is 1. The van der Waals surface area contributed by atoms with Crippen LogP contribution in [0.4, 0.5) is 5.69 Å². The van der Waals surface area contributed by atoms with Crippen LogP contribution in [0.1, 0.15) is 16.1 Å². The van der Waals surface area contributed by atoms with Gasteiger partial charge in [0.2, 0.25) is 5.91 Å². The Morgan fingerprint density at radius 3 is 2.80 bits per heavy atom. The van der Waals surface area contributed by atoms with E-state index in [0.29, 0.717) is 17.7 Å². The average molecular weight is 269 g/mol. The van der Waals surface area contributed by atoms with E-state index in [1.165, 1.54) is 12.4 Å². The predicted octanol–water partition coefficient (Wildman–Crippen LogP) is 1.36. The zero-order chi connectivity index (χ0) is 14.3. The maximum absolute atomic E-state index is 11.7. The fourth-order valence-electron chi connectivity index (χ4n) is 2.32. The van der Waals surface area contributed by atoms with Crippen LogP contribution in [0.15, 0.2) is 30.6 Å². The fraction of sp³-hybridized carbons (Fsp3) is 0.143. The molecule has 1 aromatic carbocycles. The molecule has 0 fully saturated rings. The number of hydrogen-bond donors (Lipinski definition) is 1. The van der Waals surface area contributed by atoms with Crippen molar-refractivity contribution in [3.63, 3.8) is 0 Å². The summed E-state index contributed by atoms with van der Waals surface area (Å²) in [5, 5.41) is 9.14. The highest BCUT2D eigenvalue weighted by Gasteiger charge is 2.25. The van der Waals surface area contributed by atoms with Gasteiger partial charge in [0.1, 0.15) is 5.69 Å². The summed E-state index contributed by atoms with van der Waals surface area (Å²) in [4.78, 5) is 32.3. The Balaban J connectivity index is 2.12. The van der Waals surface area contributed by atoms with Crippen molar-refractivity contribution in [2.75, 3.05) is 11.9 Å². The molecule has 0 saturated heterocycles. The maximum atomic E-state index is 11.7. The van der Waals surface area contributed by atoms with Gasteiger partial charge in [0.15, 0.2) is 5.69 Å². The summed E-state index contributed by atoms with van der Waals surface area (Å²) in [7, 11) is 1.72. The van der Waals surface area contributed by atoms with Crippen LogP contribution in [0.25, 0.3) is 11.3 Å². The fourth-order valence-corrected chi connectivity index (χ4v) is 2.32. The maximum Gasteiger partial charge on any atom is 0.356 e. The second-order valence-corrected chi connectivity index (χ2v) is 4.53. The summed E-state index contributed by atoms with van der Waals surface area (Å²) in [6.07, 6.45) is 3.12. The van der Waals surface area contributed by atoms with Gasteiger partial charge in [0.05, 0.1) is 6.42 Å². The quantitative estimate of drug-likeness (QED) is 0.890. The van der Waals surface area contributed by atoms with Crippen molar-refractivity contribution >= 4 is 17.6 Å². The van der Waals surface area contributed by atoms with Crippen molar-refractivity contribution in [1.29, 1.82) is 0 Å². The normalized spacial score (nSPS) is 13.4. The smallest absolute Gasteiger partial charge is 0.356 e. The van der Waals surface area contributed by atoms with Crippen molar-refractivity contribution in [2.24, 2.45) is 0 Å². The molecule has 1 aromatic heterocycles. The number of anilines is 1. The monoisotopic (exact) mass is 269 g/mol. The summed E-state index contributed by atoms with van der Waals surface area (Å²) in [5.74, 6) is -1.10. The van der Waals surface area contributed by atoms with E-state index < -0.39 is 5.97 Å². The molecule has 6 heteroatoms. The largest absolute Gasteiger partial charge is 0.476 e. The average Bonchev–Trinajstić information content (AvgIpc) is 2.73. The minimum Gasteiger partial charge on any atom is -0.476 e. The number of carbonyl (C=O) groups is 2. The molecular weight excluding hydrogens is 258 g/mol. The zero-order valence-corrected chi connectivity index (χ0v) is 10.7. The molecule has 100 valence electrons. The Morgan fingerprint density at radius 1 is 1.30 bits per heavy atom. The van der Waals surface area contributed by atoms with E-state index in [9.17, 15) is 9.59 Å². The third kappa shape index (κ3) is 1.82.